The third kappa shape index (κ3) is 9.69. The fraction of sp³-hybridized carbons (Fsp3) is 0.938. The van der Waals surface area contributed by atoms with Gasteiger partial charge in [0, 0.05) is 25.2 Å². The van der Waals surface area contributed by atoms with Crippen LogP contribution in [-0.2, 0) is 9.47 Å². The van der Waals surface area contributed by atoms with E-state index in [-0.39, 0.29) is 12.0 Å². The van der Waals surface area contributed by atoms with Crippen LogP contribution in [0.5, 0.6) is 0 Å². The van der Waals surface area contributed by atoms with Crippen LogP contribution in [0, 0.1) is 11.3 Å². The van der Waals surface area contributed by atoms with Crippen LogP contribution < -0.4 is 5.32 Å². The summed E-state index contributed by atoms with van der Waals surface area (Å²) in [7, 11) is 0. The van der Waals surface area contributed by atoms with Crippen LogP contribution in [0.2, 0.25) is 0 Å². The highest BCUT2D eigenvalue weighted by Gasteiger charge is 2.29. The maximum Gasteiger partial charge on any atom is 0.407 e. The lowest BCUT2D eigenvalue weighted by Gasteiger charge is -2.31. The smallest absolute Gasteiger partial charge is 0.407 e. The van der Waals surface area contributed by atoms with Gasteiger partial charge in [0.05, 0.1) is 6.61 Å². The summed E-state index contributed by atoms with van der Waals surface area (Å²) in [6, 6.07) is 0. The van der Waals surface area contributed by atoms with Crippen molar-refractivity contribution in [3.05, 3.63) is 0 Å². The summed E-state index contributed by atoms with van der Waals surface area (Å²) in [4.78, 5) is 11.7. The number of rotatable bonds is 9. The van der Waals surface area contributed by atoms with E-state index in [0.717, 1.165) is 6.42 Å². The first-order chi connectivity index (χ1) is 9.64. The van der Waals surface area contributed by atoms with E-state index in [1.807, 2.05) is 27.7 Å². The standard InChI is InChI=1S/C16H33NO4/c1-7-16(12-18,8-9-20-10-13(2)3)11-17-14(19)21-15(4,5)6/h13,18H,7-12H2,1-6H3,(H,17,19). The van der Waals surface area contributed by atoms with Crippen LogP contribution in [0.1, 0.15) is 54.4 Å². The van der Waals surface area contributed by atoms with E-state index in [4.69, 9.17) is 9.47 Å². The van der Waals surface area contributed by atoms with Crippen molar-refractivity contribution < 1.29 is 19.4 Å². The van der Waals surface area contributed by atoms with Gasteiger partial charge >= 0.3 is 6.09 Å². The highest BCUT2D eigenvalue weighted by atomic mass is 16.6. The number of nitrogens with one attached hydrogen (secondary N) is 1. The lowest BCUT2D eigenvalue weighted by Crippen LogP contribution is -2.42. The highest BCUT2D eigenvalue weighted by Crippen LogP contribution is 2.25. The van der Waals surface area contributed by atoms with E-state index >= 15 is 0 Å². The average Bonchev–Trinajstić information content (AvgIpc) is 2.36. The lowest BCUT2D eigenvalue weighted by molar-refractivity contribution is 0.0319. The second kappa shape index (κ2) is 9.26. The second-order valence-electron chi connectivity index (χ2n) is 7.09. The minimum absolute atomic E-state index is 0.0182. The predicted octanol–water partition coefficient (Wildman–Crippen LogP) is 2.96. The fourth-order valence-corrected chi connectivity index (χ4v) is 1.82. The number of hydrogen-bond donors (Lipinski definition) is 2. The number of amides is 1. The van der Waals surface area contributed by atoms with Crippen LogP contribution in [0.3, 0.4) is 0 Å². The molecule has 0 aromatic rings. The zero-order valence-corrected chi connectivity index (χ0v) is 14.5. The number of aliphatic hydroxyl groups excluding tert-OH is 1. The van der Waals surface area contributed by atoms with Crippen molar-refractivity contribution in [1.29, 1.82) is 0 Å². The number of alkyl carbamates (subject to hydrolysis) is 1. The molecular weight excluding hydrogens is 270 g/mol. The highest BCUT2D eigenvalue weighted by molar-refractivity contribution is 5.67. The first-order valence-corrected chi connectivity index (χ1v) is 7.79. The fourth-order valence-electron chi connectivity index (χ4n) is 1.82. The largest absolute Gasteiger partial charge is 0.444 e. The van der Waals surface area contributed by atoms with E-state index in [2.05, 4.69) is 19.2 Å². The Kier molecular flexibility index (Phi) is 8.90. The third-order valence-corrected chi connectivity index (χ3v) is 3.32. The van der Waals surface area contributed by atoms with E-state index < -0.39 is 11.7 Å². The molecule has 5 heteroatoms. The van der Waals surface area contributed by atoms with Crippen molar-refractivity contribution in [2.75, 3.05) is 26.4 Å². The van der Waals surface area contributed by atoms with Gasteiger partial charge in [-0.05, 0) is 39.5 Å². The van der Waals surface area contributed by atoms with Gasteiger partial charge in [-0.1, -0.05) is 20.8 Å². The SMILES string of the molecule is CCC(CO)(CCOCC(C)C)CNC(=O)OC(C)(C)C. The van der Waals surface area contributed by atoms with Crippen molar-refractivity contribution in [3.63, 3.8) is 0 Å². The monoisotopic (exact) mass is 303 g/mol. The summed E-state index contributed by atoms with van der Waals surface area (Å²) in [5.74, 6) is 0.495. The number of carbonyl (C=O) groups is 1. The molecule has 0 fully saturated rings. The zero-order valence-electron chi connectivity index (χ0n) is 14.5. The van der Waals surface area contributed by atoms with Crippen LogP contribution in [0.4, 0.5) is 4.79 Å². The summed E-state index contributed by atoms with van der Waals surface area (Å²) >= 11 is 0. The Morgan fingerprint density at radius 2 is 1.90 bits per heavy atom. The molecule has 1 unspecified atom stereocenters. The van der Waals surface area contributed by atoms with Gasteiger partial charge in [0.25, 0.3) is 0 Å². The molecule has 0 aromatic heterocycles. The van der Waals surface area contributed by atoms with Gasteiger partial charge < -0.3 is 19.9 Å². The molecular formula is C16H33NO4. The van der Waals surface area contributed by atoms with E-state index in [0.29, 0.717) is 32.1 Å². The van der Waals surface area contributed by atoms with Gasteiger partial charge in [0.15, 0.2) is 0 Å². The molecule has 0 saturated carbocycles. The molecule has 0 aliphatic carbocycles. The Labute approximate surface area is 129 Å². The van der Waals surface area contributed by atoms with E-state index in [9.17, 15) is 9.90 Å². The topological polar surface area (TPSA) is 67.8 Å². The van der Waals surface area contributed by atoms with Gasteiger partial charge in [-0.3, -0.25) is 0 Å². The molecule has 5 nitrogen and oxygen atoms in total. The molecule has 2 N–H and O–H groups in total. The first kappa shape index (κ1) is 20.2. The lowest BCUT2D eigenvalue weighted by atomic mass is 9.83. The van der Waals surface area contributed by atoms with Gasteiger partial charge in [0.2, 0.25) is 0 Å². The molecule has 0 bridgehead atoms. The Balaban J connectivity index is 4.29. The number of hydrogen-bond acceptors (Lipinski definition) is 4. The van der Waals surface area contributed by atoms with Crippen LogP contribution >= 0.6 is 0 Å². The van der Waals surface area contributed by atoms with Gasteiger partial charge in [0.1, 0.15) is 5.60 Å². The molecule has 0 radical (unpaired) electrons. The Hall–Kier alpha value is -0.810. The van der Waals surface area contributed by atoms with Gasteiger partial charge in [-0.25, -0.2) is 4.79 Å². The molecule has 1 amide bonds. The molecule has 1 atom stereocenters. The van der Waals surface area contributed by atoms with Crippen LogP contribution in [0.15, 0.2) is 0 Å². The minimum Gasteiger partial charge on any atom is -0.444 e. The summed E-state index contributed by atoms with van der Waals surface area (Å²) in [5, 5.41) is 12.4. The quantitative estimate of drug-likeness (QED) is 0.643. The number of ether oxygens (including phenoxy) is 2. The average molecular weight is 303 g/mol. The normalized spacial score (nSPS) is 14.9. The minimum atomic E-state index is -0.515. The van der Waals surface area contributed by atoms with E-state index in [1.165, 1.54) is 0 Å². The van der Waals surface area contributed by atoms with Crippen LogP contribution in [-0.4, -0.2) is 43.2 Å². The van der Waals surface area contributed by atoms with E-state index in [1.54, 1.807) is 0 Å². The summed E-state index contributed by atoms with van der Waals surface area (Å²) in [6.07, 6.45) is 1.03. The summed E-state index contributed by atoms with van der Waals surface area (Å²) in [6.45, 7) is 13.4. The molecule has 126 valence electrons. The molecule has 21 heavy (non-hydrogen) atoms. The predicted molar refractivity (Wildman–Crippen MR) is 84.3 cm³/mol. The van der Waals surface area contributed by atoms with Crippen molar-refractivity contribution in [3.8, 4) is 0 Å². The molecule has 0 spiro atoms. The molecule has 0 saturated heterocycles. The maximum absolute atomic E-state index is 11.7. The zero-order chi connectivity index (χ0) is 16.5. The van der Waals surface area contributed by atoms with Crippen molar-refractivity contribution in [2.24, 2.45) is 11.3 Å². The summed E-state index contributed by atoms with van der Waals surface area (Å²) in [5.41, 5.74) is -0.869. The number of aliphatic hydroxyl groups is 1. The summed E-state index contributed by atoms with van der Waals surface area (Å²) < 4.78 is 10.8. The Bertz CT molecular complexity index is 293. The Morgan fingerprint density at radius 1 is 1.29 bits per heavy atom. The van der Waals surface area contributed by atoms with Crippen molar-refractivity contribution in [1.82, 2.24) is 5.32 Å². The maximum atomic E-state index is 11.7. The van der Waals surface area contributed by atoms with Crippen molar-refractivity contribution >= 4 is 6.09 Å². The van der Waals surface area contributed by atoms with Gasteiger partial charge in [-0.15, -0.1) is 0 Å². The molecule has 0 rings (SSSR count). The second-order valence-corrected chi connectivity index (χ2v) is 7.09. The first-order valence-electron chi connectivity index (χ1n) is 7.79. The molecule has 0 aliphatic heterocycles. The van der Waals surface area contributed by atoms with Crippen LogP contribution in [0.25, 0.3) is 0 Å². The number of carbonyl (C=O) groups excluding carboxylic acids is 1. The molecule has 0 aliphatic rings. The third-order valence-electron chi connectivity index (χ3n) is 3.32. The Morgan fingerprint density at radius 3 is 2.33 bits per heavy atom. The van der Waals surface area contributed by atoms with Gasteiger partial charge in [-0.2, -0.15) is 0 Å². The molecule has 0 heterocycles. The molecule has 0 aromatic carbocycles. The van der Waals surface area contributed by atoms with Crippen molar-refractivity contribution in [2.45, 2.75) is 60.0 Å².